The van der Waals surface area contributed by atoms with E-state index in [-0.39, 0.29) is 28.5 Å². The third-order valence-corrected chi connectivity index (χ3v) is 11.0. The van der Waals surface area contributed by atoms with Gasteiger partial charge in [-0.25, -0.2) is 0 Å². The first-order valence-corrected chi connectivity index (χ1v) is 12.5. The number of oxime groups is 1. The normalized spacial score (nSPS) is 53.8. The van der Waals surface area contributed by atoms with Crippen LogP contribution in [0.3, 0.4) is 0 Å². The number of aliphatic hydroxyl groups is 2. The molecule has 5 rings (SSSR count). The smallest absolute Gasteiger partial charge is 0.141 e. The number of fused-ring (bicyclic) bond motifs is 5. The summed E-state index contributed by atoms with van der Waals surface area (Å²) in [5.41, 5.74) is -0.0902. The second-order valence-electron chi connectivity index (χ2n) is 12.2. The Morgan fingerprint density at radius 3 is 2.50 bits per heavy atom. The SMILES string of the molecule is CC1(C)/C(=N\O[C@@H]2CCNC2)CC[C@]2(C)[C@H]3CC[C@]4(C)[C@@H](O)CC[C@H]4[C@@H]3CC[C@@]12O. The lowest BCUT2D eigenvalue weighted by Crippen LogP contribution is -2.69. The molecule has 170 valence electrons. The summed E-state index contributed by atoms with van der Waals surface area (Å²) < 4.78 is 0. The van der Waals surface area contributed by atoms with Crippen LogP contribution in [0.15, 0.2) is 5.16 Å². The van der Waals surface area contributed by atoms with Crippen LogP contribution in [0.2, 0.25) is 0 Å². The van der Waals surface area contributed by atoms with Gasteiger partial charge in [-0.15, -0.1) is 0 Å². The Hall–Kier alpha value is -0.650. The highest BCUT2D eigenvalue weighted by atomic mass is 16.6. The van der Waals surface area contributed by atoms with Crippen LogP contribution in [0.1, 0.15) is 85.5 Å². The first-order valence-electron chi connectivity index (χ1n) is 12.5. The second kappa shape index (κ2) is 6.92. The summed E-state index contributed by atoms with van der Waals surface area (Å²) >= 11 is 0. The van der Waals surface area contributed by atoms with Crippen molar-refractivity contribution in [2.75, 3.05) is 13.1 Å². The number of hydrogen-bond acceptors (Lipinski definition) is 5. The largest absolute Gasteiger partial charge is 0.393 e. The molecule has 0 aromatic rings. The molecule has 1 heterocycles. The number of aliphatic hydroxyl groups excluding tert-OH is 1. The Morgan fingerprint density at radius 1 is 0.967 bits per heavy atom. The fraction of sp³-hybridized carbons (Fsp3) is 0.960. The van der Waals surface area contributed by atoms with E-state index in [1.807, 2.05) is 0 Å². The van der Waals surface area contributed by atoms with E-state index in [1.54, 1.807) is 0 Å². The van der Waals surface area contributed by atoms with Gasteiger partial charge in [0.25, 0.3) is 0 Å². The molecule has 1 aliphatic heterocycles. The summed E-state index contributed by atoms with van der Waals surface area (Å²) in [6.45, 7) is 11.0. The molecular weight excluding hydrogens is 376 g/mol. The fourth-order valence-corrected chi connectivity index (χ4v) is 8.79. The molecule has 3 N–H and O–H groups in total. The Balaban J connectivity index is 1.43. The van der Waals surface area contributed by atoms with Gasteiger partial charge in [-0.2, -0.15) is 0 Å². The van der Waals surface area contributed by atoms with E-state index in [0.29, 0.717) is 17.8 Å². The third-order valence-electron chi connectivity index (χ3n) is 11.0. The quantitative estimate of drug-likeness (QED) is 0.595. The van der Waals surface area contributed by atoms with Crippen LogP contribution in [0, 0.1) is 34.0 Å². The van der Waals surface area contributed by atoms with Crippen LogP contribution in [-0.4, -0.2) is 46.8 Å². The maximum atomic E-state index is 12.3. The first-order chi connectivity index (χ1) is 14.1. The van der Waals surface area contributed by atoms with E-state index < -0.39 is 5.60 Å². The molecule has 0 radical (unpaired) electrons. The van der Waals surface area contributed by atoms with Crippen LogP contribution < -0.4 is 5.32 Å². The van der Waals surface area contributed by atoms with Crippen LogP contribution >= 0.6 is 0 Å². The summed E-state index contributed by atoms with van der Waals surface area (Å²) in [5.74, 6) is 1.80. The summed E-state index contributed by atoms with van der Waals surface area (Å²) in [6.07, 6.45) is 9.22. The van der Waals surface area contributed by atoms with Crippen molar-refractivity contribution in [1.29, 1.82) is 0 Å². The number of hydrogen-bond donors (Lipinski definition) is 3. The topological polar surface area (TPSA) is 74.1 Å². The lowest BCUT2D eigenvalue weighted by molar-refractivity contribution is -0.230. The second-order valence-corrected chi connectivity index (χ2v) is 12.2. The highest BCUT2D eigenvalue weighted by Crippen LogP contribution is 2.69. The van der Waals surface area contributed by atoms with Gasteiger partial charge in [-0.05, 0) is 81.1 Å². The minimum atomic E-state index is -0.750. The Morgan fingerprint density at radius 2 is 1.77 bits per heavy atom. The van der Waals surface area contributed by atoms with Crippen LogP contribution in [0.5, 0.6) is 0 Å². The van der Waals surface area contributed by atoms with Crippen molar-refractivity contribution in [2.45, 2.75) is 103 Å². The average Bonchev–Trinajstić information content (AvgIpc) is 3.32. The van der Waals surface area contributed by atoms with Gasteiger partial charge in [0.05, 0.1) is 17.4 Å². The summed E-state index contributed by atoms with van der Waals surface area (Å²) in [4.78, 5) is 5.91. The van der Waals surface area contributed by atoms with Crippen molar-refractivity contribution in [3.63, 3.8) is 0 Å². The summed E-state index contributed by atoms with van der Waals surface area (Å²) in [5, 5.41) is 31.0. The van der Waals surface area contributed by atoms with Gasteiger partial charge < -0.3 is 20.4 Å². The molecule has 30 heavy (non-hydrogen) atoms. The van der Waals surface area contributed by atoms with Gasteiger partial charge in [-0.1, -0.05) is 32.9 Å². The number of nitrogens with one attached hydrogen (secondary N) is 1. The monoisotopic (exact) mass is 418 g/mol. The van der Waals surface area contributed by atoms with Gasteiger partial charge in [0.15, 0.2) is 0 Å². The van der Waals surface area contributed by atoms with E-state index in [9.17, 15) is 10.2 Å². The van der Waals surface area contributed by atoms with Crippen molar-refractivity contribution in [1.82, 2.24) is 5.32 Å². The predicted octanol–water partition coefficient (Wildman–Crippen LogP) is 3.88. The van der Waals surface area contributed by atoms with Crippen LogP contribution in [0.4, 0.5) is 0 Å². The fourth-order valence-electron chi connectivity index (χ4n) is 8.79. The van der Waals surface area contributed by atoms with E-state index in [0.717, 1.165) is 76.6 Å². The predicted molar refractivity (Wildman–Crippen MR) is 118 cm³/mol. The highest BCUT2D eigenvalue weighted by molar-refractivity contribution is 5.91. The minimum Gasteiger partial charge on any atom is -0.393 e. The maximum absolute atomic E-state index is 12.3. The van der Waals surface area contributed by atoms with E-state index in [2.05, 4.69) is 38.2 Å². The molecule has 4 saturated carbocycles. The van der Waals surface area contributed by atoms with Gasteiger partial charge in [0, 0.05) is 23.8 Å². The molecule has 0 unspecified atom stereocenters. The summed E-state index contributed by atoms with van der Waals surface area (Å²) in [6, 6.07) is 0. The van der Waals surface area contributed by atoms with Crippen molar-refractivity contribution < 1.29 is 15.1 Å². The lowest BCUT2D eigenvalue weighted by atomic mass is 9.39. The molecule has 5 aliphatic rings. The first kappa shape index (κ1) is 21.2. The molecule has 8 atom stereocenters. The lowest BCUT2D eigenvalue weighted by Gasteiger charge is -2.67. The van der Waals surface area contributed by atoms with E-state index in [1.165, 1.54) is 0 Å². The van der Waals surface area contributed by atoms with Gasteiger partial charge in [-0.3, -0.25) is 0 Å². The van der Waals surface area contributed by atoms with Crippen molar-refractivity contribution in [2.24, 2.45) is 39.2 Å². The standard InChI is InChI=1S/C25H42N2O3/c1-22(2)20(27-30-16-10-14-26-15-16)9-12-24(4)19-8-11-23(3)18(5-6-21(23)28)17(19)7-13-25(22,24)29/h16-19,21,26,28-29H,5-15H2,1-4H3/b27-20-/t16-,17+,18+,19+,21+,23+,24-,25-/m1/s1. The molecule has 0 amide bonds. The zero-order valence-electron chi connectivity index (χ0n) is 19.4. The van der Waals surface area contributed by atoms with Gasteiger partial charge in [0.1, 0.15) is 6.10 Å². The molecular formula is C25H42N2O3. The third kappa shape index (κ3) is 2.67. The van der Waals surface area contributed by atoms with Crippen LogP contribution in [-0.2, 0) is 4.84 Å². The van der Waals surface area contributed by atoms with Crippen LogP contribution in [0.25, 0.3) is 0 Å². The molecule has 0 spiro atoms. The molecule has 1 saturated heterocycles. The van der Waals surface area contributed by atoms with Crippen molar-refractivity contribution in [3.8, 4) is 0 Å². The number of nitrogens with zero attached hydrogens (tertiary/aromatic N) is 1. The molecule has 5 fully saturated rings. The minimum absolute atomic E-state index is 0.0902. The Labute approximate surface area is 182 Å². The molecule has 0 aromatic carbocycles. The molecule has 0 aromatic heterocycles. The van der Waals surface area contributed by atoms with E-state index in [4.69, 9.17) is 4.84 Å². The van der Waals surface area contributed by atoms with Gasteiger partial charge in [0.2, 0.25) is 0 Å². The Bertz CT molecular complexity index is 717. The molecule has 5 nitrogen and oxygen atoms in total. The van der Waals surface area contributed by atoms with Gasteiger partial charge >= 0.3 is 0 Å². The van der Waals surface area contributed by atoms with Crippen molar-refractivity contribution in [3.05, 3.63) is 0 Å². The summed E-state index contributed by atoms with van der Waals surface area (Å²) in [7, 11) is 0. The molecule has 4 aliphatic carbocycles. The maximum Gasteiger partial charge on any atom is 0.141 e. The van der Waals surface area contributed by atoms with E-state index >= 15 is 0 Å². The zero-order valence-corrected chi connectivity index (χ0v) is 19.4. The Kier molecular flexibility index (Phi) is 4.89. The van der Waals surface area contributed by atoms with Crippen molar-refractivity contribution >= 4 is 5.71 Å². The molecule has 0 bridgehead atoms. The highest BCUT2D eigenvalue weighted by Gasteiger charge is 2.69. The zero-order chi connectivity index (χ0) is 21.4. The average molecular weight is 419 g/mol. The molecule has 5 heteroatoms. The number of rotatable bonds is 2.